The Bertz CT molecular complexity index is 243. The molecule has 0 bridgehead atoms. The molecule has 1 saturated heterocycles. The molecule has 0 atom stereocenters. The molecule has 3 heteroatoms. The first-order valence-corrected chi connectivity index (χ1v) is 6.91. The summed E-state index contributed by atoms with van der Waals surface area (Å²) in [4.78, 5) is 13.5. The maximum absolute atomic E-state index is 11.0. The van der Waals surface area contributed by atoms with E-state index in [0.29, 0.717) is 0 Å². The van der Waals surface area contributed by atoms with E-state index in [1.165, 1.54) is 32.4 Å². The Balaban J connectivity index is 2.18. The number of carboxylic acid groups (broad SMARTS) is 1. The van der Waals surface area contributed by atoms with Gasteiger partial charge in [-0.05, 0) is 65.1 Å². The van der Waals surface area contributed by atoms with Crippen molar-refractivity contribution >= 4 is 5.97 Å². The summed E-state index contributed by atoms with van der Waals surface area (Å²) in [6.45, 7) is 9.37. The van der Waals surface area contributed by atoms with Crippen LogP contribution in [0.4, 0.5) is 0 Å². The zero-order valence-electron chi connectivity index (χ0n) is 11.5. The number of aliphatic carboxylic acids is 1. The van der Waals surface area contributed by atoms with Gasteiger partial charge in [-0.15, -0.1) is 0 Å². The molecule has 0 radical (unpaired) electrons. The van der Waals surface area contributed by atoms with Crippen LogP contribution in [0.5, 0.6) is 0 Å². The van der Waals surface area contributed by atoms with E-state index in [2.05, 4.69) is 11.8 Å². The monoisotopic (exact) mass is 241 g/mol. The van der Waals surface area contributed by atoms with E-state index in [4.69, 9.17) is 5.11 Å². The van der Waals surface area contributed by atoms with Crippen LogP contribution in [0.25, 0.3) is 0 Å². The van der Waals surface area contributed by atoms with Crippen LogP contribution in [-0.4, -0.2) is 35.6 Å². The number of piperidine rings is 1. The number of rotatable bonds is 6. The van der Waals surface area contributed by atoms with Crippen molar-refractivity contribution in [1.29, 1.82) is 0 Å². The van der Waals surface area contributed by atoms with Crippen molar-refractivity contribution in [2.75, 3.05) is 19.6 Å². The average Bonchev–Trinajstić information content (AvgIpc) is 2.29. The Kier molecular flexibility index (Phi) is 5.44. The van der Waals surface area contributed by atoms with Gasteiger partial charge in [0.15, 0.2) is 0 Å². The highest BCUT2D eigenvalue weighted by molar-refractivity contribution is 5.73. The minimum atomic E-state index is -0.679. The molecule has 1 aliphatic heterocycles. The molecule has 0 amide bonds. The second kappa shape index (κ2) is 6.39. The highest BCUT2D eigenvalue weighted by Crippen LogP contribution is 2.24. The normalized spacial score (nSPS) is 19.5. The third-order valence-corrected chi connectivity index (χ3v) is 4.14. The molecule has 0 saturated carbocycles. The first-order chi connectivity index (χ1) is 7.95. The lowest BCUT2D eigenvalue weighted by Crippen LogP contribution is -2.35. The molecule has 0 aliphatic carbocycles. The van der Waals surface area contributed by atoms with Crippen LogP contribution in [-0.2, 0) is 4.79 Å². The van der Waals surface area contributed by atoms with E-state index in [-0.39, 0.29) is 0 Å². The molecule has 3 nitrogen and oxygen atoms in total. The summed E-state index contributed by atoms with van der Waals surface area (Å²) < 4.78 is 0. The fraction of sp³-hybridized carbons (Fsp3) is 0.929. The van der Waals surface area contributed by atoms with Crippen molar-refractivity contribution in [1.82, 2.24) is 4.90 Å². The van der Waals surface area contributed by atoms with E-state index in [0.717, 1.165) is 25.3 Å². The lowest BCUT2D eigenvalue weighted by Gasteiger charge is -2.32. The second-order valence-electron chi connectivity index (χ2n) is 5.99. The fourth-order valence-corrected chi connectivity index (χ4v) is 2.47. The van der Waals surface area contributed by atoms with Crippen LogP contribution in [0.15, 0.2) is 0 Å². The molecule has 100 valence electrons. The third-order valence-electron chi connectivity index (χ3n) is 4.14. The van der Waals surface area contributed by atoms with Crippen molar-refractivity contribution in [3.05, 3.63) is 0 Å². The zero-order chi connectivity index (χ0) is 12.9. The van der Waals surface area contributed by atoms with Gasteiger partial charge in [-0.25, -0.2) is 0 Å². The van der Waals surface area contributed by atoms with Gasteiger partial charge in [-0.2, -0.15) is 0 Å². The van der Waals surface area contributed by atoms with Gasteiger partial charge in [-0.1, -0.05) is 13.3 Å². The van der Waals surface area contributed by atoms with Crippen LogP contribution >= 0.6 is 0 Å². The molecule has 0 aromatic carbocycles. The summed E-state index contributed by atoms with van der Waals surface area (Å²) in [6.07, 6.45) is 5.71. The van der Waals surface area contributed by atoms with Crippen molar-refractivity contribution in [2.24, 2.45) is 11.3 Å². The second-order valence-corrected chi connectivity index (χ2v) is 5.99. The van der Waals surface area contributed by atoms with Crippen LogP contribution in [0, 0.1) is 11.3 Å². The van der Waals surface area contributed by atoms with Crippen LogP contribution in [0.1, 0.15) is 52.9 Å². The number of likely N-dealkylation sites (tertiary alicyclic amines) is 1. The number of nitrogens with zero attached hydrogens (tertiary/aromatic N) is 1. The summed E-state index contributed by atoms with van der Waals surface area (Å²) in [7, 11) is 0. The van der Waals surface area contributed by atoms with Gasteiger partial charge < -0.3 is 10.0 Å². The molecule has 1 fully saturated rings. The topological polar surface area (TPSA) is 40.5 Å². The van der Waals surface area contributed by atoms with Crippen molar-refractivity contribution in [3.63, 3.8) is 0 Å². The van der Waals surface area contributed by atoms with Gasteiger partial charge >= 0.3 is 5.97 Å². The molecule has 17 heavy (non-hydrogen) atoms. The SMILES string of the molecule is CCC1CCN(CCCC(C)(C)C(=O)O)CC1. The Hall–Kier alpha value is -0.570. The standard InChI is InChI=1S/C14H27NO2/c1-4-12-6-10-15(11-7-12)9-5-8-14(2,3)13(16)17/h12H,4-11H2,1-3H3,(H,16,17). The predicted molar refractivity (Wildman–Crippen MR) is 70.1 cm³/mol. The highest BCUT2D eigenvalue weighted by Gasteiger charge is 2.26. The van der Waals surface area contributed by atoms with Gasteiger partial charge in [0, 0.05) is 0 Å². The van der Waals surface area contributed by atoms with E-state index in [1.54, 1.807) is 0 Å². The Morgan fingerprint density at radius 2 is 1.94 bits per heavy atom. The first kappa shape index (κ1) is 14.5. The summed E-state index contributed by atoms with van der Waals surface area (Å²) in [5.74, 6) is 0.240. The maximum atomic E-state index is 11.0. The molecular formula is C14H27NO2. The quantitative estimate of drug-likeness (QED) is 0.777. The molecule has 0 aromatic heterocycles. The molecule has 0 aromatic rings. The lowest BCUT2D eigenvalue weighted by atomic mass is 9.87. The van der Waals surface area contributed by atoms with Crippen molar-refractivity contribution in [2.45, 2.75) is 52.9 Å². The molecule has 1 N–H and O–H groups in total. The van der Waals surface area contributed by atoms with Crippen molar-refractivity contribution in [3.8, 4) is 0 Å². The Morgan fingerprint density at radius 3 is 2.41 bits per heavy atom. The minimum absolute atomic E-state index is 0.568. The predicted octanol–water partition coefficient (Wildman–Crippen LogP) is 3.00. The minimum Gasteiger partial charge on any atom is -0.481 e. The summed E-state index contributed by atoms with van der Waals surface area (Å²) in [5.41, 5.74) is -0.568. The summed E-state index contributed by atoms with van der Waals surface area (Å²) in [5, 5.41) is 9.03. The van der Waals surface area contributed by atoms with Gasteiger partial charge in [0.2, 0.25) is 0 Å². The van der Waals surface area contributed by atoms with Crippen LogP contribution < -0.4 is 0 Å². The van der Waals surface area contributed by atoms with Crippen LogP contribution in [0.2, 0.25) is 0 Å². The zero-order valence-corrected chi connectivity index (χ0v) is 11.5. The smallest absolute Gasteiger partial charge is 0.309 e. The molecule has 0 spiro atoms. The largest absolute Gasteiger partial charge is 0.481 e. The first-order valence-electron chi connectivity index (χ1n) is 6.91. The Labute approximate surface area is 105 Å². The number of carbonyl (C=O) groups is 1. The Morgan fingerprint density at radius 1 is 1.35 bits per heavy atom. The average molecular weight is 241 g/mol. The number of hydrogen-bond donors (Lipinski definition) is 1. The number of carboxylic acids is 1. The van der Waals surface area contributed by atoms with Gasteiger partial charge in [0.25, 0.3) is 0 Å². The van der Waals surface area contributed by atoms with E-state index in [1.807, 2.05) is 13.8 Å². The van der Waals surface area contributed by atoms with Crippen molar-refractivity contribution < 1.29 is 9.90 Å². The summed E-state index contributed by atoms with van der Waals surface area (Å²) >= 11 is 0. The molecular weight excluding hydrogens is 214 g/mol. The highest BCUT2D eigenvalue weighted by atomic mass is 16.4. The molecule has 1 heterocycles. The molecule has 0 unspecified atom stereocenters. The number of hydrogen-bond acceptors (Lipinski definition) is 2. The molecule has 1 aliphatic rings. The van der Waals surface area contributed by atoms with E-state index in [9.17, 15) is 4.79 Å². The van der Waals surface area contributed by atoms with E-state index < -0.39 is 11.4 Å². The van der Waals surface area contributed by atoms with Gasteiger partial charge in [-0.3, -0.25) is 4.79 Å². The van der Waals surface area contributed by atoms with Gasteiger partial charge in [0.1, 0.15) is 0 Å². The van der Waals surface area contributed by atoms with E-state index >= 15 is 0 Å². The summed E-state index contributed by atoms with van der Waals surface area (Å²) in [6, 6.07) is 0. The van der Waals surface area contributed by atoms with Gasteiger partial charge in [0.05, 0.1) is 5.41 Å². The van der Waals surface area contributed by atoms with Crippen LogP contribution in [0.3, 0.4) is 0 Å². The lowest BCUT2D eigenvalue weighted by molar-refractivity contribution is -0.147. The molecule has 1 rings (SSSR count). The third kappa shape index (κ3) is 4.66. The maximum Gasteiger partial charge on any atom is 0.309 e. The fourth-order valence-electron chi connectivity index (χ4n) is 2.47.